The van der Waals surface area contributed by atoms with Gasteiger partial charge in [0.2, 0.25) is 4.96 Å². The number of hydrogen-bond acceptors (Lipinski definition) is 5. The zero-order valence-electron chi connectivity index (χ0n) is 11.4. The van der Waals surface area contributed by atoms with Gasteiger partial charge in [0, 0.05) is 5.56 Å². The van der Waals surface area contributed by atoms with E-state index >= 15 is 0 Å². The topological polar surface area (TPSA) is 47.3 Å². The lowest BCUT2D eigenvalue weighted by Crippen LogP contribution is -2.23. The third-order valence-electron chi connectivity index (χ3n) is 3.20. The maximum atomic E-state index is 13.8. The highest BCUT2D eigenvalue weighted by Crippen LogP contribution is 2.22. The molecule has 3 aromatic heterocycles. The van der Waals surface area contributed by atoms with Gasteiger partial charge in [0.25, 0.3) is 5.56 Å². The molecule has 0 saturated heterocycles. The summed E-state index contributed by atoms with van der Waals surface area (Å²) in [5.74, 6) is 0.0361. The van der Waals surface area contributed by atoms with Crippen molar-refractivity contribution in [1.29, 1.82) is 0 Å². The van der Waals surface area contributed by atoms with E-state index < -0.39 is 5.82 Å². The first kappa shape index (κ1) is 14.5. The minimum atomic E-state index is -0.477. The highest BCUT2D eigenvalue weighted by molar-refractivity contribution is 7.15. The Kier molecular flexibility index (Phi) is 3.48. The molecule has 114 valence electrons. The van der Waals surface area contributed by atoms with E-state index in [2.05, 4.69) is 10.1 Å². The number of fused-ring (bicyclic) bond motifs is 1. The van der Waals surface area contributed by atoms with Gasteiger partial charge >= 0.3 is 0 Å². The quantitative estimate of drug-likeness (QED) is 0.549. The van der Waals surface area contributed by atoms with Crippen molar-refractivity contribution in [2.75, 3.05) is 0 Å². The van der Waals surface area contributed by atoms with Gasteiger partial charge in [-0.3, -0.25) is 4.79 Å². The molecule has 0 unspecified atom stereocenters. The van der Waals surface area contributed by atoms with Gasteiger partial charge in [0.05, 0.1) is 14.4 Å². The fourth-order valence-electron chi connectivity index (χ4n) is 2.12. The smallest absolute Gasteiger partial charge is 0.266 e. The lowest BCUT2D eigenvalue weighted by atomic mass is 10.2. The highest BCUT2D eigenvalue weighted by atomic mass is 35.5. The zero-order chi connectivity index (χ0) is 16.0. The van der Waals surface area contributed by atoms with E-state index in [1.54, 1.807) is 6.07 Å². The molecule has 23 heavy (non-hydrogen) atoms. The van der Waals surface area contributed by atoms with Crippen molar-refractivity contribution in [3.63, 3.8) is 0 Å². The summed E-state index contributed by atoms with van der Waals surface area (Å²) in [6, 6.07) is 8.18. The molecule has 3 heterocycles. The largest absolute Gasteiger partial charge is 0.291 e. The lowest BCUT2D eigenvalue weighted by Gasteiger charge is -1.97. The van der Waals surface area contributed by atoms with Crippen LogP contribution in [0.1, 0.15) is 5.56 Å². The Labute approximate surface area is 142 Å². The molecule has 0 fully saturated rings. The minimum absolute atomic E-state index is 0.189. The molecule has 0 amide bonds. The summed E-state index contributed by atoms with van der Waals surface area (Å²) in [4.78, 5) is 18.1. The molecule has 0 aliphatic heterocycles. The molecule has 0 radical (unpaired) electrons. The molecular weight excluding hydrogens is 357 g/mol. The first-order chi connectivity index (χ1) is 11.1. The van der Waals surface area contributed by atoms with Crippen molar-refractivity contribution in [3.05, 3.63) is 67.0 Å². The van der Waals surface area contributed by atoms with Gasteiger partial charge < -0.3 is 0 Å². The summed E-state index contributed by atoms with van der Waals surface area (Å²) in [6.07, 6.45) is 1.44. The fourth-order valence-corrected chi connectivity index (χ4v) is 3.88. The number of benzene rings is 1. The molecule has 0 bridgehead atoms. The second kappa shape index (κ2) is 5.52. The number of rotatable bonds is 2. The van der Waals surface area contributed by atoms with Crippen LogP contribution in [0.2, 0.25) is 5.02 Å². The van der Waals surface area contributed by atoms with Crippen molar-refractivity contribution in [3.8, 4) is 10.7 Å². The Hall–Kier alpha value is -2.09. The molecule has 1 aromatic carbocycles. The molecule has 0 aliphatic rings. The zero-order valence-corrected chi connectivity index (χ0v) is 13.8. The Morgan fingerprint density at radius 2 is 2.13 bits per heavy atom. The highest BCUT2D eigenvalue weighted by Gasteiger charge is 2.13. The van der Waals surface area contributed by atoms with Gasteiger partial charge in [-0.05, 0) is 29.7 Å². The van der Waals surface area contributed by atoms with E-state index in [-0.39, 0.29) is 16.1 Å². The van der Waals surface area contributed by atoms with Crippen LogP contribution in [0.15, 0.2) is 40.5 Å². The number of nitrogens with zero attached hydrogens (tertiary/aromatic N) is 3. The van der Waals surface area contributed by atoms with Crippen LogP contribution in [-0.4, -0.2) is 14.6 Å². The second-order valence-electron chi connectivity index (χ2n) is 4.66. The molecular formula is C15H7ClFN3OS2. The van der Waals surface area contributed by atoms with Crippen LogP contribution in [-0.2, 0) is 0 Å². The van der Waals surface area contributed by atoms with E-state index in [1.165, 1.54) is 34.1 Å². The van der Waals surface area contributed by atoms with Gasteiger partial charge in [-0.2, -0.15) is 9.50 Å². The molecule has 0 atom stereocenters. The van der Waals surface area contributed by atoms with Crippen LogP contribution in [0.3, 0.4) is 0 Å². The first-order valence-corrected chi connectivity index (χ1v) is 8.60. The van der Waals surface area contributed by atoms with Gasteiger partial charge in [-0.1, -0.05) is 35.1 Å². The summed E-state index contributed by atoms with van der Waals surface area (Å²) in [5.41, 5.74) is -0.145. The average molecular weight is 364 g/mol. The predicted octanol–water partition coefficient (Wildman–Crippen LogP) is 3.22. The molecule has 0 aliphatic carbocycles. The molecule has 0 saturated carbocycles. The molecule has 0 spiro atoms. The Morgan fingerprint density at radius 1 is 1.26 bits per heavy atom. The molecule has 4 nitrogen and oxygen atoms in total. The standard InChI is InChI=1S/C15H7ClFN3OS2/c16-9-3-1-4-10(17)8(9)7-12-14(21)20-15(23-12)18-13(19-20)11-5-2-6-22-11/h1-7H. The van der Waals surface area contributed by atoms with Crippen molar-refractivity contribution < 1.29 is 4.39 Å². The Bertz CT molecular complexity index is 1100. The molecule has 0 N–H and O–H groups in total. The SMILES string of the molecule is O=c1c(=Cc2c(F)cccc2Cl)sc2nc(-c3cccs3)nn12. The van der Waals surface area contributed by atoms with Gasteiger partial charge in [-0.15, -0.1) is 16.4 Å². The number of thiazole rings is 1. The van der Waals surface area contributed by atoms with Crippen LogP contribution in [0.4, 0.5) is 4.39 Å². The van der Waals surface area contributed by atoms with E-state index in [0.717, 1.165) is 16.2 Å². The van der Waals surface area contributed by atoms with E-state index in [0.29, 0.717) is 15.3 Å². The predicted molar refractivity (Wildman–Crippen MR) is 90.6 cm³/mol. The monoisotopic (exact) mass is 363 g/mol. The number of halogens is 2. The third kappa shape index (κ3) is 2.46. The van der Waals surface area contributed by atoms with Crippen molar-refractivity contribution in [1.82, 2.24) is 14.6 Å². The van der Waals surface area contributed by atoms with Gasteiger partial charge in [0.1, 0.15) is 5.82 Å². The Balaban J connectivity index is 1.90. The van der Waals surface area contributed by atoms with Crippen molar-refractivity contribution >= 4 is 45.3 Å². The third-order valence-corrected chi connectivity index (χ3v) is 5.35. The maximum absolute atomic E-state index is 13.8. The van der Waals surface area contributed by atoms with Crippen LogP contribution >= 0.6 is 34.3 Å². The lowest BCUT2D eigenvalue weighted by molar-refractivity contribution is 0.625. The molecule has 4 aromatic rings. The van der Waals surface area contributed by atoms with Crippen LogP contribution in [0.5, 0.6) is 0 Å². The van der Waals surface area contributed by atoms with E-state index in [9.17, 15) is 9.18 Å². The second-order valence-corrected chi connectivity index (χ2v) is 7.02. The minimum Gasteiger partial charge on any atom is -0.266 e. The first-order valence-electron chi connectivity index (χ1n) is 6.52. The Morgan fingerprint density at radius 3 is 2.83 bits per heavy atom. The van der Waals surface area contributed by atoms with Crippen LogP contribution in [0, 0.1) is 5.82 Å². The van der Waals surface area contributed by atoms with Crippen molar-refractivity contribution in [2.45, 2.75) is 0 Å². The normalized spacial score (nSPS) is 12.3. The van der Waals surface area contributed by atoms with Crippen molar-refractivity contribution in [2.24, 2.45) is 0 Å². The summed E-state index contributed by atoms with van der Waals surface area (Å²) < 4.78 is 15.4. The number of hydrogen-bond donors (Lipinski definition) is 0. The average Bonchev–Trinajstić information content (AvgIpc) is 3.22. The van der Waals surface area contributed by atoms with Gasteiger partial charge in [-0.25, -0.2) is 4.39 Å². The van der Waals surface area contributed by atoms with E-state index in [1.807, 2.05) is 17.5 Å². The van der Waals surface area contributed by atoms with Crippen LogP contribution < -0.4 is 10.1 Å². The van der Waals surface area contributed by atoms with Crippen LogP contribution in [0.25, 0.3) is 21.7 Å². The summed E-state index contributed by atoms with van der Waals surface area (Å²) in [6.45, 7) is 0. The van der Waals surface area contributed by atoms with Gasteiger partial charge in [0.15, 0.2) is 5.82 Å². The molecule has 8 heteroatoms. The van der Waals surface area contributed by atoms with E-state index in [4.69, 9.17) is 11.6 Å². The maximum Gasteiger partial charge on any atom is 0.291 e. The summed E-state index contributed by atoms with van der Waals surface area (Å²) >= 11 is 8.65. The molecule has 4 rings (SSSR count). The number of aromatic nitrogens is 3. The fraction of sp³-hybridized carbons (Fsp3) is 0. The summed E-state index contributed by atoms with van der Waals surface area (Å²) in [7, 11) is 0. The summed E-state index contributed by atoms with van der Waals surface area (Å²) in [5, 5.41) is 6.40. The number of thiophene rings is 1.